The molecule has 0 fully saturated rings. The Bertz CT molecular complexity index is 978. The summed E-state index contributed by atoms with van der Waals surface area (Å²) in [7, 11) is -3.47. The van der Waals surface area contributed by atoms with Crippen LogP contribution in [0, 0.1) is 0 Å². The molecule has 1 atom stereocenters. The van der Waals surface area contributed by atoms with Crippen LogP contribution < -0.4 is 22.3 Å². The lowest BCUT2D eigenvalue weighted by Crippen LogP contribution is -2.46. The first-order chi connectivity index (χ1) is 16.5. The molecular weight excluding hydrogens is 478 g/mol. The number of benzene rings is 1. The molecule has 196 valence electrons. The second kappa shape index (κ2) is 15.7. The molecule has 35 heavy (non-hydrogen) atoms. The molecule has 0 aliphatic rings. The summed E-state index contributed by atoms with van der Waals surface area (Å²) in [6.07, 6.45) is 2.73. The van der Waals surface area contributed by atoms with E-state index in [9.17, 15) is 22.8 Å². The number of sulfone groups is 1. The number of aliphatic imine (C=N–C) groups is 1. The third kappa shape index (κ3) is 13.3. The van der Waals surface area contributed by atoms with Gasteiger partial charge in [-0.3, -0.25) is 19.6 Å². The standard InChI is InChI=1S/C22H35N5O7S/c23-22(24)25-15-17-9-5-4-8-16(17)7-3-1-2-6-13-35(33,34)14-12-19(28)26-18(21(31)27-32)10-11-20(29)30/h4-5,8-9,18,32H,1-3,6-7,10-15H2,(H,26,28)(H,27,31)(H,29,30)(H4,23,24,25). The van der Waals surface area contributed by atoms with E-state index in [4.69, 9.17) is 21.8 Å². The molecule has 0 heterocycles. The zero-order valence-corrected chi connectivity index (χ0v) is 20.4. The monoisotopic (exact) mass is 513 g/mol. The van der Waals surface area contributed by atoms with Crippen LogP contribution in [0.15, 0.2) is 29.3 Å². The van der Waals surface area contributed by atoms with E-state index in [1.807, 2.05) is 24.3 Å². The number of aliphatic carboxylic acids is 1. The van der Waals surface area contributed by atoms with Gasteiger partial charge in [-0.05, 0) is 36.8 Å². The van der Waals surface area contributed by atoms with Crippen molar-refractivity contribution in [3.8, 4) is 0 Å². The summed E-state index contributed by atoms with van der Waals surface area (Å²) < 4.78 is 24.5. The van der Waals surface area contributed by atoms with Crippen LogP contribution in [0.2, 0.25) is 0 Å². The Kier molecular flexibility index (Phi) is 13.4. The molecule has 1 rings (SSSR count). The van der Waals surface area contributed by atoms with Crippen molar-refractivity contribution in [1.82, 2.24) is 10.8 Å². The van der Waals surface area contributed by atoms with Crippen molar-refractivity contribution in [1.29, 1.82) is 0 Å². The van der Waals surface area contributed by atoms with Gasteiger partial charge >= 0.3 is 5.97 Å². The van der Waals surface area contributed by atoms with Gasteiger partial charge in [-0.1, -0.05) is 37.1 Å². The molecule has 1 aromatic rings. The number of hydrogen-bond acceptors (Lipinski definition) is 7. The number of carboxylic acids is 1. The lowest BCUT2D eigenvalue weighted by atomic mass is 10.0. The van der Waals surface area contributed by atoms with E-state index in [0.29, 0.717) is 13.0 Å². The Hall–Kier alpha value is -3.19. The average Bonchev–Trinajstić information content (AvgIpc) is 2.81. The summed E-state index contributed by atoms with van der Waals surface area (Å²) in [5.41, 5.74) is 14.3. The maximum absolute atomic E-state index is 12.2. The van der Waals surface area contributed by atoms with E-state index in [0.717, 1.165) is 36.8 Å². The van der Waals surface area contributed by atoms with Crippen LogP contribution in [0.1, 0.15) is 56.1 Å². The maximum Gasteiger partial charge on any atom is 0.303 e. The first kappa shape index (κ1) is 29.8. The van der Waals surface area contributed by atoms with Crippen molar-refractivity contribution >= 4 is 33.6 Å². The molecule has 0 spiro atoms. The highest BCUT2D eigenvalue weighted by atomic mass is 32.2. The number of amides is 2. The van der Waals surface area contributed by atoms with Gasteiger partial charge in [0.05, 0.1) is 18.1 Å². The van der Waals surface area contributed by atoms with Crippen LogP contribution in [-0.4, -0.2) is 60.0 Å². The van der Waals surface area contributed by atoms with Gasteiger partial charge in [-0.15, -0.1) is 0 Å². The fourth-order valence-corrected chi connectivity index (χ4v) is 4.70. The summed E-state index contributed by atoms with van der Waals surface area (Å²) in [5, 5.41) is 19.7. The number of unbranched alkanes of at least 4 members (excludes halogenated alkanes) is 3. The fourth-order valence-electron chi connectivity index (χ4n) is 3.35. The van der Waals surface area contributed by atoms with Gasteiger partial charge in [0.2, 0.25) is 5.91 Å². The van der Waals surface area contributed by atoms with Crippen LogP contribution in [0.5, 0.6) is 0 Å². The molecule has 1 unspecified atom stereocenters. The second-order valence-corrected chi connectivity index (χ2v) is 10.4. The Labute approximate surface area is 205 Å². The van der Waals surface area contributed by atoms with Crippen LogP contribution in [0.3, 0.4) is 0 Å². The first-order valence-corrected chi connectivity index (χ1v) is 13.1. The molecule has 8 N–H and O–H groups in total. The predicted molar refractivity (Wildman–Crippen MR) is 130 cm³/mol. The molecule has 1 aromatic carbocycles. The molecule has 2 amide bonds. The second-order valence-electron chi connectivity index (χ2n) is 8.10. The van der Waals surface area contributed by atoms with Gasteiger partial charge < -0.3 is 21.9 Å². The number of carboxylic acid groups (broad SMARTS) is 1. The third-order valence-corrected chi connectivity index (χ3v) is 6.99. The van der Waals surface area contributed by atoms with Gasteiger partial charge in [-0.2, -0.15) is 0 Å². The zero-order chi connectivity index (χ0) is 26.3. The van der Waals surface area contributed by atoms with E-state index < -0.39 is 40.1 Å². The van der Waals surface area contributed by atoms with Crippen LogP contribution >= 0.6 is 0 Å². The molecule has 13 heteroatoms. The Morgan fingerprint density at radius 3 is 2.26 bits per heavy atom. The quantitative estimate of drug-likeness (QED) is 0.0551. The maximum atomic E-state index is 12.2. The number of aryl methyl sites for hydroxylation is 1. The molecule has 12 nitrogen and oxygen atoms in total. The normalized spacial score (nSPS) is 11.9. The number of hydroxylamine groups is 1. The Morgan fingerprint density at radius 1 is 0.971 bits per heavy atom. The molecule has 0 radical (unpaired) electrons. The number of rotatable bonds is 17. The summed E-state index contributed by atoms with van der Waals surface area (Å²) >= 11 is 0. The molecule has 0 saturated heterocycles. The average molecular weight is 514 g/mol. The largest absolute Gasteiger partial charge is 0.481 e. The van der Waals surface area contributed by atoms with Crippen molar-refractivity contribution in [2.24, 2.45) is 16.5 Å². The van der Waals surface area contributed by atoms with E-state index in [1.165, 1.54) is 5.48 Å². The summed E-state index contributed by atoms with van der Waals surface area (Å²) in [6.45, 7) is 0.412. The number of carbonyl (C=O) groups excluding carboxylic acids is 2. The lowest BCUT2D eigenvalue weighted by Gasteiger charge is -2.15. The number of guanidine groups is 1. The topological polar surface area (TPSA) is 214 Å². The number of nitrogens with two attached hydrogens (primary N) is 2. The molecule has 0 aliphatic heterocycles. The minimum atomic E-state index is -3.47. The minimum absolute atomic E-state index is 0.0344. The SMILES string of the molecule is NC(N)=NCc1ccccc1CCCCCCS(=O)(=O)CCC(=O)NC(CCC(=O)O)C(=O)NO. The van der Waals surface area contributed by atoms with E-state index >= 15 is 0 Å². The van der Waals surface area contributed by atoms with E-state index in [2.05, 4.69) is 10.3 Å². The molecule has 0 bridgehead atoms. The summed E-state index contributed by atoms with van der Waals surface area (Å²) in [5.74, 6) is -3.27. The molecule has 0 aliphatic carbocycles. The van der Waals surface area contributed by atoms with Crippen molar-refractivity contribution < 1.29 is 33.1 Å². The lowest BCUT2D eigenvalue weighted by molar-refractivity contribution is -0.139. The highest BCUT2D eigenvalue weighted by Gasteiger charge is 2.22. The van der Waals surface area contributed by atoms with E-state index in [1.54, 1.807) is 0 Å². The van der Waals surface area contributed by atoms with E-state index in [-0.39, 0.29) is 30.3 Å². The van der Waals surface area contributed by atoms with Gasteiger partial charge in [0.25, 0.3) is 5.91 Å². The number of hydrogen-bond donors (Lipinski definition) is 6. The summed E-state index contributed by atoms with van der Waals surface area (Å²) in [6, 6.07) is 6.58. The predicted octanol–water partition coefficient (Wildman–Crippen LogP) is 0.223. The summed E-state index contributed by atoms with van der Waals surface area (Å²) in [4.78, 5) is 38.3. The molecular formula is C22H35N5O7S. The zero-order valence-electron chi connectivity index (χ0n) is 19.6. The fraction of sp³-hybridized carbons (Fsp3) is 0.545. The number of nitrogens with one attached hydrogen (secondary N) is 2. The smallest absolute Gasteiger partial charge is 0.303 e. The third-order valence-electron chi connectivity index (χ3n) is 5.25. The van der Waals surface area contributed by atoms with Crippen LogP contribution in [0.25, 0.3) is 0 Å². The van der Waals surface area contributed by atoms with Gasteiger partial charge in [-0.25, -0.2) is 18.9 Å². The highest BCUT2D eigenvalue weighted by molar-refractivity contribution is 7.91. The highest BCUT2D eigenvalue weighted by Crippen LogP contribution is 2.15. The van der Waals surface area contributed by atoms with Crippen molar-refractivity contribution in [3.05, 3.63) is 35.4 Å². The Morgan fingerprint density at radius 2 is 1.63 bits per heavy atom. The van der Waals surface area contributed by atoms with Crippen molar-refractivity contribution in [2.75, 3.05) is 11.5 Å². The van der Waals surface area contributed by atoms with Gasteiger partial charge in [0, 0.05) is 12.8 Å². The molecule has 0 saturated carbocycles. The van der Waals surface area contributed by atoms with Crippen molar-refractivity contribution in [2.45, 2.75) is 64.0 Å². The van der Waals surface area contributed by atoms with Crippen LogP contribution in [0.4, 0.5) is 0 Å². The first-order valence-electron chi connectivity index (χ1n) is 11.3. The number of nitrogens with zero attached hydrogens (tertiary/aromatic N) is 1. The van der Waals surface area contributed by atoms with Crippen molar-refractivity contribution in [3.63, 3.8) is 0 Å². The van der Waals surface area contributed by atoms with Gasteiger partial charge in [0.1, 0.15) is 6.04 Å². The van der Waals surface area contributed by atoms with Gasteiger partial charge in [0.15, 0.2) is 15.8 Å². The van der Waals surface area contributed by atoms with Crippen LogP contribution in [-0.2, 0) is 37.2 Å². The minimum Gasteiger partial charge on any atom is -0.481 e. The molecule has 0 aromatic heterocycles. The Balaban J connectivity index is 2.35. The number of carbonyl (C=O) groups is 3.